The predicted octanol–water partition coefficient (Wildman–Crippen LogP) is 3.38. The summed E-state index contributed by atoms with van der Waals surface area (Å²) < 4.78 is 5.29. The lowest BCUT2D eigenvalue weighted by Gasteiger charge is -2.22. The van der Waals surface area contributed by atoms with E-state index in [2.05, 4.69) is 57.7 Å². The van der Waals surface area contributed by atoms with Gasteiger partial charge in [0, 0.05) is 26.7 Å². The van der Waals surface area contributed by atoms with Gasteiger partial charge < -0.3 is 15.0 Å². The highest BCUT2D eigenvalue weighted by atomic mass is 16.5. The van der Waals surface area contributed by atoms with Crippen molar-refractivity contribution in [1.82, 2.24) is 10.2 Å². The van der Waals surface area contributed by atoms with E-state index in [0.717, 1.165) is 44.2 Å². The van der Waals surface area contributed by atoms with Crippen LogP contribution in [0.5, 0.6) is 5.75 Å². The van der Waals surface area contributed by atoms with Crippen LogP contribution in [0.1, 0.15) is 17.5 Å². The van der Waals surface area contributed by atoms with Gasteiger partial charge in [0.2, 0.25) is 0 Å². The highest BCUT2D eigenvalue weighted by molar-refractivity contribution is 5.80. The third-order valence-electron chi connectivity index (χ3n) is 5.00. The molecule has 0 radical (unpaired) electrons. The number of nitrogens with zero attached hydrogens (tertiary/aromatic N) is 2. The quantitative estimate of drug-likeness (QED) is 0.640. The first-order chi connectivity index (χ1) is 12.8. The van der Waals surface area contributed by atoms with Crippen LogP contribution in [0.3, 0.4) is 0 Å². The van der Waals surface area contributed by atoms with Crippen molar-refractivity contribution < 1.29 is 4.74 Å². The summed E-state index contributed by atoms with van der Waals surface area (Å²) in [6.07, 6.45) is 3.33. The summed E-state index contributed by atoms with van der Waals surface area (Å²) in [6.45, 7) is 3.03. The smallest absolute Gasteiger partial charge is 0.193 e. The zero-order valence-electron chi connectivity index (χ0n) is 15.8. The summed E-state index contributed by atoms with van der Waals surface area (Å²) >= 11 is 0. The second-order valence-electron chi connectivity index (χ2n) is 6.87. The van der Waals surface area contributed by atoms with Crippen molar-refractivity contribution in [3.63, 3.8) is 0 Å². The molecule has 0 spiro atoms. The number of ether oxygens (including phenoxy) is 1. The van der Waals surface area contributed by atoms with Gasteiger partial charge in [-0.2, -0.15) is 0 Å². The van der Waals surface area contributed by atoms with Crippen LogP contribution in [-0.4, -0.2) is 44.7 Å². The number of hydrogen-bond donors (Lipinski definition) is 1. The topological polar surface area (TPSA) is 36.9 Å². The van der Waals surface area contributed by atoms with E-state index in [1.54, 1.807) is 7.11 Å². The summed E-state index contributed by atoms with van der Waals surface area (Å²) in [5.74, 6) is 2.63. The molecule has 0 bridgehead atoms. The van der Waals surface area contributed by atoms with Gasteiger partial charge in [-0.3, -0.25) is 4.99 Å². The molecule has 1 N–H and O–H groups in total. The van der Waals surface area contributed by atoms with Crippen molar-refractivity contribution in [2.45, 2.75) is 19.3 Å². The van der Waals surface area contributed by atoms with Crippen LogP contribution in [0.25, 0.3) is 0 Å². The number of rotatable bonds is 6. The van der Waals surface area contributed by atoms with Crippen LogP contribution in [0.15, 0.2) is 59.6 Å². The fourth-order valence-corrected chi connectivity index (χ4v) is 3.62. The van der Waals surface area contributed by atoms with E-state index in [-0.39, 0.29) is 0 Å². The first-order valence-electron chi connectivity index (χ1n) is 9.41. The lowest BCUT2D eigenvalue weighted by molar-refractivity contribution is 0.414. The Balaban J connectivity index is 1.47. The van der Waals surface area contributed by atoms with Gasteiger partial charge in [-0.25, -0.2) is 0 Å². The molecule has 0 saturated carbocycles. The number of hydrogen-bond acceptors (Lipinski definition) is 2. The van der Waals surface area contributed by atoms with Crippen LogP contribution < -0.4 is 10.1 Å². The molecule has 138 valence electrons. The van der Waals surface area contributed by atoms with E-state index in [1.165, 1.54) is 17.5 Å². The van der Waals surface area contributed by atoms with Crippen molar-refractivity contribution in [3.8, 4) is 5.75 Å². The minimum atomic E-state index is 0.703. The molecule has 1 saturated heterocycles. The molecule has 0 amide bonds. The van der Waals surface area contributed by atoms with Crippen molar-refractivity contribution in [2.75, 3.05) is 33.8 Å². The Hall–Kier alpha value is -2.49. The Morgan fingerprint density at radius 1 is 1.15 bits per heavy atom. The van der Waals surface area contributed by atoms with Crippen LogP contribution in [0, 0.1) is 5.92 Å². The molecule has 1 unspecified atom stereocenters. The third-order valence-corrected chi connectivity index (χ3v) is 5.00. The van der Waals surface area contributed by atoms with Gasteiger partial charge in [0.1, 0.15) is 5.75 Å². The SMILES string of the molecule is CN=C(NCCc1cccc(OC)c1)N1CCC(Cc2ccccc2)C1. The van der Waals surface area contributed by atoms with Gasteiger partial charge in [0.05, 0.1) is 7.11 Å². The number of aliphatic imine (C=N–C) groups is 1. The fraction of sp³-hybridized carbons (Fsp3) is 0.409. The van der Waals surface area contributed by atoms with Crippen molar-refractivity contribution in [3.05, 3.63) is 65.7 Å². The number of guanidine groups is 1. The highest BCUT2D eigenvalue weighted by Gasteiger charge is 2.24. The van der Waals surface area contributed by atoms with Gasteiger partial charge in [-0.05, 0) is 48.4 Å². The second kappa shape index (κ2) is 9.27. The minimum Gasteiger partial charge on any atom is -0.497 e. The number of likely N-dealkylation sites (tertiary alicyclic amines) is 1. The van der Waals surface area contributed by atoms with Gasteiger partial charge in [-0.1, -0.05) is 42.5 Å². The third kappa shape index (κ3) is 5.01. The van der Waals surface area contributed by atoms with E-state index in [9.17, 15) is 0 Å². The van der Waals surface area contributed by atoms with Gasteiger partial charge in [-0.15, -0.1) is 0 Å². The molecule has 1 aliphatic rings. The molecule has 0 aliphatic carbocycles. The number of methoxy groups -OCH3 is 1. The maximum atomic E-state index is 5.29. The lowest BCUT2D eigenvalue weighted by atomic mass is 9.99. The van der Waals surface area contributed by atoms with Crippen LogP contribution in [0.4, 0.5) is 0 Å². The van der Waals surface area contributed by atoms with Crippen LogP contribution in [-0.2, 0) is 12.8 Å². The first-order valence-corrected chi connectivity index (χ1v) is 9.41. The van der Waals surface area contributed by atoms with Gasteiger partial charge >= 0.3 is 0 Å². The summed E-state index contributed by atoms with van der Waals surface area (Å²) in [6, 6.07) is 19.0. The monoisotopic (exact) mass is 351 g/mol. The van der Waals surface area contributed by atoms with E-state index in [0.29, 0.717) is 5.92 Å². The summed E-state index contributed by atoms with van der Waals surface area (Å²) in [4.78, 5) is 6.87. The van der Waals surface area contributed by atoms with Crippen molar-refractivity contribution in [2.24, 2.45) is 10.9 Å². The molecular weight excluding hydrogens is 322 g/mol. The average molecular weight is 351 g/mol. The molecule has 4 heteroatoms. The molecule has 1 atom stereocenters. The molecule has 1 aliphatic heterocycles. The maximum absolute atomic E-state index is 5.29. The Bertz CT molecular complexity index is 714. The minimum absolute atomic E-state index is 0.703. The Kier molecular flexibility index (Phi) is 6.53. The van der Waals surface area contributed by atoms with Crippen LogP contribution in [0.2, 0.25) is 0 Å². The summed E-state index contributed by atoms with van der Waals surface area (Å²) in [5, 5.41) is 3.52. The van der Waals surface area contributed by atoms with E-state index >= 15 is 0 Å². The zero-order chi connectivity index (χ0) is 18.2. The standard InChI is InChI=1S/C22H29N3O/c1-23-22(24-13-11-19-9-6-10-21(16-19)26-2)25-14-12-20(17-25)15-18-7-4-3-5-8-18/h3-10,16,20H,11-15,17H2,1-2H3,(H,23,24). The van der Waals surface area contributed by atoms with E-state index in [1.807, 2.05) is 19.2 Å². The fourth-order valence-electron chi connectivity index (χ4n) is 3.62. The molecule has 2 aromatic carbocycles. The Labute approximate surface area is 156 Å². The Morgan fingerprint density at radius 3 is 2.73 bits per heavy atom. The zero-order valence-corrected chi connectivity index (χ0v) is 15.8. The van der Waals surface area contributed by atoms with E-state index < -0.39 is 0 Å². The highest BCUT2D eigenvalue weighted by Crippen LogP contribution is 2.21. The molecule has 3 rings (SSSR count). The lowest BCUT2D eigenvalue weighted by Crippen LogP contribution is -2.41. The second-order valence-corrected chi connectivity index (χ2v) is 6.87. The number of nitrogens with one attached hydrogen (secondary N) is 1. The van der Waals surface area contributed by atoms with Crippen molar-refractivity contribution in [1.29, 1.82) is 0 Å². The maximum Gasteiger partial charge on any atom is 0.193 e. The van der Waals surface area contributed by atoms with Gasteiger partial charge in [0.15, 0.2) is 5.96 Å². The summed E-state index contributed by atoms with van der Waals surface area (Å²) in [7, 11) is 3.58. The molecule has 1 fully saturated rings. The van der Waals surface area contributed by atoms with E-state index in [4.69, 9.17) is 4.74 Å². The predicted molar refractivity (Wildman–Crippen MR) is 108 cm³/mol. The molecule has 26 heavy (non-hydrogen) atoms. The Morgan fingerprint density at radius 2 is 1.96 bits per heavy atom. The molecule has 1 heterocycles. The largest absolute Gasteiger partial charge is 0.497 e. The first kappa shape index (κ1) is 18.3. The van der Waals surface area contributed by atoms with Crippen LogP contribution >= 0.6 is 0 Å². The number of benzene rings is 2. The molecule has 2 aromatic rings. The normalized spacial score (nSPS) is 17.4. The van der Waals surface area contributed by atoms with Gasteiger partial charge in [0.25, 0.3) is 0 Å². The molecule has 4 nitrogen and oxygen atoms in total. The molecule has 0 aromatic heterocycles. The van der Waals surface area contributed by atoms with Crippen molar-refractivity contribution >= 4 is 5.96 Å². The molecular formula is C22H29N3O. The average Bonchev–Trinajstić information content (AvgIpc) is 3.14. The summed E-state index contributed by atoms with van der Waals surface area (Å²) in [5.41, 5.74) is 2.70.